The molecule has 1 aromatic rings. The van der Waals surface area contributed by atoms with Gasteiger partial charge in [0.1, 0.15) is 0 Å². The van der Waals surface area contributed by atoms with E-state index in [2.05, 4.69) is 5.32 Å². The van der Waals surface area contributed by atoms with Gasteiger partial charge in [-0.2, -0.15) is 0 Å². The van der Waals surface area contributed by atoms with E-state index < -0.39 is 0 Å². The van der Waals surface area contributed by atoms with Gasteiger partial charge in [-0.05, 0) is 31.9 Å². The Morgan fingerprint density at radius 2 is 1.76 bits per heavy atom. The Kier molecular flexibility index (Phi) is 6.71. The molecule has 17 heavy (non-hydrogen) atoms. The van der Waals surface area contributed by atoms with E-state index in [4.69, 9.17) is 11.6 Å². The van der Waals surface area contributed by atoms with Gasteiger partial charge in [0.2, 0.25) is 0 Å². The highest BCUT2D eigenvalue weighted by Crippen LogP contribution is 2.03. The van der Waals surface area contributed by atoms with Gasteiger partial charge < -0.3 is 5.32 Å². The van der Waals surface area contributed by atoms with Crippen molar-refractivity contribution in [1.82, 2.24) is 5.32 Å². The minimum atomic E-state index is 0.0161. The van der Waals surface area contributed by atoms with Crippen LogP contribution in [0.3, 0.4) is 0 Å². The number of carbonyl (C=O) groups excluding carboxylic acids is 1. The first-order chi connectivity index (χ1) is 8.24. The Labute approximate surface area is 108 Å². The van der Waals surface area contributed by atoms with Crippen LogP contribution in [0, 0.1) is 6.92 Å². The standard InChI is InChI=1S/C14H20ClNO/c1-12-6-8-13(9-7-12)14(17)16-11-5-3-2-4-10-15/h6-9H,2-5,10-11H2,1H3,(H,16,17). The van der Waals surface area contributed by atoms with Crippen LogP contribution in [-0.4, -0.2) is 18.3 Å². The molecule has 0 aliphatic rings. The van der Waals surface area contributed by atoms with Crippen molar-refractivity contribution in [1.29, 1.82) is 0 Å². The van der Waals surface area contributed by atoms with Crippen molar-refractivity contribution < 1.29 is 4.79 Å². The third-order valence-electron chi connectivity index (χ3n) is 2.66. The van der Waals surface area contributed by atoms with Crippen LogP contribution < -0.4 is 5.32 Å². The maximum absolute atomic E-state index is 11.7. The van der Waals surface area contributed by atoms with Gasteiger partial charge in [0.25, 0.3) is 5.91 Å². The molecule has 0 aliphatic heterocycles. The lowest BCUT2D eigenvalue weighted by atomic mass is 10.1. The number of unbranched alkanes of at least 4 members (excludes halogenated alkanes) is 3. The van der Waals surface area contributed by atoms with Crippen LogP contribution >= 0.6 is 11.6 Å². The highest BCUT2D eigenvalue weighted by atomic mass is 35.5. The number of benzene rings is 1. The van der Waals surface area contributed by atoms with Crippen molar-refractivity contribution in [3.63, 3.8) is 0 Å². The first-order valence-corrected chi connectivity index (χ1v) is 6.68. The van der Waals surface area contributed by atoms with Gasteiger partial charge in [-0.25, -0.2) is 0 Å². The molecule has 0 bridgehead atoms. The van der Waals surface area contributed by atoms with Crippen LogP contribution in [0.2, 0.25) is 0 Å². The lowest BCUT2D eigenvalue weighted by Gasteiger charge is -2.05. The molecule has 1 aromatic carbocycles. The number of halogens is 1. The monoisotopic (exact) mass is 253 g/mol. The molecule has 0 aliphatic carbocycles. The second-order valence-electron chi connectivity index (χ2n) is 4.23. The average Bonchev–Trinajstić information content (AvgIpc) is 2.34. The molecule has 0 heterocycles. The van der Waals surface area contributed by atoms with Crippen molar-refractivity contribution in [2.45, 2.75) is 32.6 Å². The number of alkyl halides is 1. The molecule has 94 valence electrons. The van der Waals surface area contributed by atoms with Gasteiger partial charge in [-0.3, -0.25) is 4.79 Å². The topological polar surface area (TPSA) is 29.1 Å². The van der Waals surface area contributed by atoms with E-state index in [-0.39, 0.29) is 5.91 Å². The normalized spacial score (nSPS) is 10.2. The van der Waals surface area contributed by atoms with Gasteiger partial charge in [-0.15, -0.1) is 11.6 Å². The third kappa shape index (κ3) is 5.73. The van der Waals surface area contributed by atoms with Gasteiger partial charge >= 0.3 is 0 Å². The average molecular weight is 254 g/mol. The predicted molar refractivity (Wildman–Crippen MR) is 72.7 cm³/mol. The van der Waals surface area contributed by atoms with Crippen molar-refractivity contribution in [2.75, 3.05) is 12.4 Å². The number of hydrogen-bond acceptors (Lipinski definition) is 1. The van der Waals surface area contributed by atoms with Crippen molar-refractivity contribution >= 4 is 17.5 Å². The van der Waals surface area contributed by atoms with E-state index in [9.17, 15) is 4.79 Å². The number of aryl methyl sites for hydroxylation is 1. The van der Waals surface area contributed by atoms with Crippen molar-refractivity contribution in [3.05, 3.63) is 35.4 Å². The summed E-state index contributed by atoms with van der Waals surface area (Å²) >= 11 is 5.59. The highest BCUT2D eigenvalue weighted by molar-refractivity contribution is 6.17. The van der Waals surface area contributed by atoms with Crippen LogP contribution in [-0.2, 0) is 0 Å². The fourth-order valence-electron chi connectivity index (χ4n) is 1.58. The molecule has 0 spiro atoms. The molecule has 0 fully saturated rings. The van der Waals surface area contributed by atoms with E-state index in [1.165, 1.54) is 5.56 Å². The number of carbonyl (C=O) groups is 1. The molecule has 2 nitrogen and oxygen atoms in total. The molecule has 3 heteroatoms. The molecule has 1 N–H and O–H groups in total. The lowest BCUT2D eigenvalue weighted by Crippen LogP contribution is -2.24. The van der Waals surface area contributed by atoms with Crippen LogP contribution in [0.15, 0.2) is 24.3 Å². The fourth-order valence-corrected chi connectivity index (χ4v) is 1.77. The Bertz CT molecular complexity index is 335. The molecule has 0 radical (unpaired) electrons. The number of amides is 1. The Morgan fingerprint density at radius 3 is 2.41 bits per heavy atom. The molecule has 0 aromatic heterocycles. The lowest BCUT2D eigenvalue weighted by molar-refractivity contribution is 0.0953. The van der Waals surface area contributed by atoms with E-state index in [0.29, 0.717) is 0 Å². The zero-order valence-corrected chi connectivity index (χ0v) is 11.1. The van der Waals surface area contributed by atoms with Gasteiger partial charge in [-0.1, -0.05) is 30.5 Å². The third-order valence-corrected chi connectivity index (χ3v) is 2.93. The summed E-state index contributed by atoms with van der Waals surface area (Å²) in [6, 6.07) is 7.63. The van der Waals surface area contributed by atoms with Gasteiger partial charge in [0.05, 0.1) is 0 Å². The second kappa shape index (κ2) is 8.13. The summed E-state index contributed by atoms with van der Waals surface area (Å²) in [4.78, 5) is 11.7. The molecule has 0 saturated heterocycles. The van der Waals surface area contributed by atoms with E-state index >= 15 is 0 Å². The second-order valence-corrected chi connectivity index (χ2v) is 4.60. The first kappa shape index (κ1) is 14.0. The zero-order chi connectivity index (χ0) is 12.5. The number of rotatable bonds is 7. The van der Waals surface area contributed by atoms with E-state index in [1.54, 1.807) is 0 Å². The molecule has 0 atom stereocenters. The van der Waals surface area contributed by atoms with Gasteiger partial charge in [0, 0.05) is 18.0 Å². The summed E-state index contributed by atoms with van der Waals surface area (Å²) < 4.78 is 0. The molecule has 1 amide bonds. The minimum absolute atomic E-state index is 0.0161. The van der Waals surface area contributed by atoms with Crippen LogP contribution in [0.4, 0.5) is 0 Å². The fraction of sp³-hybridized carbons (Fsp3) is 0.500. The smallest absolute Gasteiger partial charge is 0.251 e. The summed E-state index contributed by atoms with van der Waals surface area (Å²) in [7, 11) is 0. The number of hydrogen-bond donors (Lipinski definition) is 1. The molecular formula is C14H20ClNO. The van der Waals surface area contributed by atoms with E-state index in [1.807, 2.05) is 31.2 Å². The highest BCUT2D eigenvalue weighted by Gasteiger charge is 2.03. The summed E-state index contributed by atoms with van der Waals surface area (Å²) in [6.07, 6.45) is 4.35. The first-order valence-electron chi connectivity index (χ1n) is 6.15. The van der Waals surface area contributed by atoms with Crippen LogP contribution in [0.5, 0.6) is 0 Å². The Balaban J connectivity index is 2.19. The largest absolute Gasteiger partial charge is 0.352 e. The molecule has 1 rings (SSSR count). The Morgan fingerprint density at radius 1 is 1.12 bits per heavy atom. The SMILES string of the molecule is Cc1ccc(C(=O)NCCCCCCCl)cc1. The summed E-state index contributed by atoms with van der Waals surface area (Å²) in [6.45, 7) is 2.76. The van der Waals surface area contributed by atoms with Crippen molar-refractivity contribution in [3.8, 4) is 0 Å². The molecular weight excluding hydrogens is 234 g/mol. The zero-order valence-electron chi connectivity index (χ0n) is 10.3. The number of nitrogens with one attached hydrogen (secondary N) is 1. The molecule has 0 saturated carbocycles. The molecule has 0 unspecified atom stereocenters. The summed E-state index contributed by atoms with van der Waals surface area (Å²) in [5.41, 5.74) is 1.90. The maximum atomic E-state index is 11.7. The quantitative estimate of drug-likeness (QED) is 0.585. The minimum Gasteiger partial charge on any atom is -0.352 e. The predicted octanol–water partition coefficient (Wildman–Crippen LogP) is 3.52. The summed E-state index contributed by atoms with van der Waals surface area (Å²) in [5, 5.41) is 2.92. The van der Waals surface area contributed by atoms with Gasteiger partial charge in [0.15, 0.2) is 0 Å². The van der Waals surface area contributed by atoms with Crippen LogP contribution in [0.25, 0.3) is 0 Å². The maximum Gasteiger partial charge on any atom is 0.251 e. The van der Waals surface area contributed by atoms with E-state index in [0.717, 1.165) is 43.7 Å². The summed E-state index contributed by atoms with van der Waals surface area (Å²) in [5.74, 6) is 0.748. The van der Waals surface area contributed by atoms with Crippen molar-refractivity contribution in [2.24, 2.45) is 0 Å². The Hall–Kier alpha value is -1.02. The van der Waals surface area contributed by atoms with Crippen LogP contribution in [0.1, 0.15) is 41.6 Å².